The number of amides is 1. The van der Waals surface area contributed by atoms with Gasteiger partial charge in [-0.05, 0) is 30.3 Å². The second-order valence-corrected chi connectivity index (χ2v) is 7.99. The molecule has 31 heavy (non-hydrogen) atoms. The van der Waals surface area contributed by atoms with Crippen LogP contribution in [0.5, 0.6) is 11.5 Å². The fourth-order valence-electron chi connectivity index (χ4n) is 2.69. The van der Waals surface area contributed by atoms with Gasteiger partial charge in [-0.3, -0.25) is 4.79 Å². The summed E-state index contributed by atoms with van der Waals surface area (Å²) in [4.78, 5) is 15.8. The quantitative estimate of drug-likeness (QED) is 0.510. The van der Waals surface area contributed by atoms with E-state index in [2.05, 4.69) is 20.1 Å². The number of hydrogen-bond acceptors (Lipinski definition) is 7. The van der Waals surface area contributed by atoms with Crippen LogP contribution in [0.3, 0.4) is 0 Å². The first-order valence-corrected chi connectivity index (χ1v) is 10.5. The van der Waals surface area contributed by atoms with Gasteiger partial charge in [0.15, 0.2) is 17.3 Å². The summed E-state index contributed by atoms with van der Waals surface area (Å²) >= 11 is 0. The maximum absolute atomic E-state index is 14.2. The number of halogens is 1. The number of nitrogens with one attached hydrogen (secondary N) is 2. The van der Waals surface area contributed by atoms with Gasteiger partial charge in [0.2, 0.25) is 15.9 Å². The van der Waals surface area contributed by atoms with E-state index in [1.54, 1.807) is 0 Å². The maximum Gasteiger partial charge on any atom is 0.240 e. The van der Waals surface area contributed by atoms with Gasteiger partial charge >= 0.3 is 0 Å². The molecule has 1 heterocycles. The highest BCUT2D eigenvalue weighted by atomic mass is 32.2. The number of benzene rings is 2. The summed E-state index contributed by atoms with van der Waals surface area (Å²) in [5, 5.41) is 6.36. The van der Waals surface area contributed by atoms with Crippen LogP contribution in [0.1, 0.15) is 6.42 Å². The van der Waals surface area contributed by atoms with E-state index in [9.17, 15) is 17.6 Å². The number of rotatable bonds is 9. The van der Waals surface area contributed by atoms with Crippen LogP contribution in [-0.4, -0.2) is 49.9 Å². The van der Waals surface area contributed by atoms with Crippen LogP contribution in [0, 0.1) is 5.82 Å². The molecule has 10 nitrogen and oxygen atoms in total. The second kappa shape index (κ2) is 9.53. The fourth-order valence-corrected chi connectivity index (χ4v) is 3.74. The molecule has 0 bridgehead atoms. The third-order valence-electron chi connectivity index (χ3n) is 4.21. The Morgan fingerprint density at radius 2 is 1.90 bits per heavy atom. The maximum atomic E-state index is 14.2. The first-order chi connectivity index (χ1) is 14.8. The predicted octanol–water partition coefficient (Wildman–Crippen LogP) is 1.73. The Labute approximate surface area is 178 Å². The van der Waals surface area contributed by atoms with Crippen molar-refractivity contribution in [2.75, 3.05) is 26.1 Å². The Kier molecular flexibility index (Phi) is 6.82. The van der Waals surface area contributed by atoms with Crippen molar-refractivity contribution in [1.82, 2.24) is 19.5 Å². The summed E-state index contributed by atoms with van der Waals surface area (Å²) in [6.45, 7) is -0.151. The molecule has 0 spiro atoms. The van der Waals surface area contributed by atoms with E-state index >= 15 is 0 Å². The minimum Gasteiger partial charge on any atom is -0.493 e. The Morgan fingerprint density at radius 3 is 2.55 bits per heavy atom. The highest BCUT2D eigenvalue weighted by molar-refractivity contribution is 7.89. The van der Waals surface area contributed by atoms with Gasteiger partial charge in [-0.15, -0.1) is 0 Å². The van der Waals surface area contributed by atoms with Crippen LogP contribution in [0.15, 0.2) is 53.9 Å². The van der Waals surface area contributed by atoms with E-state index in [0.717, 1.165) is 6.07 Å². The molecule has 0 radical (unpaired) electrons. The number of hydrogen-bond donors (Lipinski definition) is 2. The lowest BCUT2D eigenvalue weighted by molar-refractivity contribution is -0.116. The summed E-state index contributed by atoms with van der Waals surface area (Å²) in [7, 11) is -1.03. The van der Waals surface area contributed by atoms with E-state index in [-0.39, 0.29) is 35.0 Å². The van der Waals surface area contributed by atoms with E-state index < -0.39 is 21.7 Å². The molecule has 3 aromatic rings. The van der Waals surface area contributed by atoms with Crippen LogP contribution in [0.25, 0.3) is 5.69 Å². The lowest BCUT2D eigenvalue weighted by Gasteiger charge is -2.11. The second-order valence-electron chi connectivity index (χ2n) is 6.22. The molecule has 164 valence electrons. The molecule has 2 N–H and O–H groups in total. The number of aromatic nitrogens is 3. The van der Waals surface area contributed by atoms with Gasteiger partial charge < -0.3 is 14.8 Å². The number of nitrogens with zero attached hydrogens (tertiary/aromatic N) is 3. The molecule has 1 aromatic heterocycles. The van der Waals surface area contributed by atoms with E-state index in [4.69, 9.17) is 9.47 Å². The molecule has 2 aromatic carbocycles. The first kappa shape index (κ1) is 22.2. The molecular formula is C19H20FN5O5S. The van der Waals surface area contributed by atoms with E-state index in [1.807, 2.05) is 0 Å². The topological polar surface area (TPSA) is 124 Å². The first-order valence-electron chi connectivity index (χ1n) is 9.00. The van der Waals surface area contributed by atoms with Gasteiger partial charge in [0.25, 0.3) is 0 Å². The Bertz CT molecular complexity index is 1170. The molecule has 0 saturated heterocycles. The molecule has 0 aliphatic carbocycles. The number of carbonyl (C=O) groups excluding carboxylic acids is 1. The van der Waals surface area contributed by atoms with Gasteiger partial charge in [-0.1, -0.05) is 0 Å². The predicted molar refractivity (Wildman–Crippen MR) is 109 cm³/mol. The number of anilines is 1. The highest BCUT2D eigenvalue weighted by Gasteiger charge is 2.17. The number of carbonyl (C=O) groups is 1. The summed E-state index contributed by atoms with van der Waals surface area (Å²) in [5.41, 5.74) is 0.410. The monoisotopic (exact) mass is 449 g/mol. The zero-order valence-corrected chi connectivity index (χ0v) is 17.5. The lowest BCUT2D eigenvalue weighted by atomic mass is 10.2. The minimum absolute atomic E-state index is 0.0312. The number of methoxy groups -OCH3 is 2. The Morgan fingerprint density at radius 1 is 1.13 bits per heavy atom. The number of sulfonamides is 1. The normalized spacial score (nSPS) is 11.2. The summed E-state index contributed by atoms with van der Waals surface area (Å²) in [6.07, 6.45) is 2.47. The zero-order valence-electron chi connectivity index (χ0n) is 16.7. The van der Waals surface area contributed by atoms with Crippen molar-refractivity contribution < 1.29 is 27.1 Å². The highest BCUT2D eigenvalue weighted by Crippen LogP contribution is 2.29. The fraction of sp³-hybridized carbons (Fsp3) is 0.211. The molecule has 0 fully saturated rings. The molecular weight excluding hydrogens is 429 g/mol. The van der Waals surface area contributed by atoms with Gasteiger partial charge in [-0.2, -0.15) is 5.10 Å². The average molecular weight is 449 g/mol. The third kappa shape index (κ3) is 5.35. The summed E-state index contributed by atoms with van der Waals surface area (Å²) in [6, 6.07) is 8.25. The van der Waals surface area contributed by atoms with Crippen LogP contribution in [-0.2, 0) is 14.8 Å². The van der Waals surface area contributed by atoms with Crippen LogP contribution in [0.2, 0.25) is 0 Å². The van der Waals surface area contributed by atoms with Crippen molar-refractivity contribution in [3.8, 4) is 17.2 Å². The van der Waals surface area contributed by atoms with Crippen LogP contribution in [0.4, 0.5) is 10.1 Å². The molecule has 0 aliphatic heterocycles. The molecule has 1 amide bonds. The smallest absolute Gasteiger partial charge is 0.240 e. The van der Waals surface area contributed by atoms with E-state index in [1.165, 1.54) is 61.9 Å². The van der Waals surface area contributed by atoms with Crippen molar-refractivity contribution in [3.05, 3.63) is 54.9 Å². The number of ether oxygens (including phenoxy) is 2. The lowest BCUT2D eigenvalue weighted by Crippen LogP contribution is -2.28. The molecule has 0 atom stereocenters. The van der Waals surface area contributed by atoms with Gasteiger partial charge in [0, 0.05) is 24.7 Å². The molecule has 0 unspecified atom stereocenters. The molecule has 3 rings (SSSR count). The van der Waals surface area contributed by atoms with Crippen molar-refractivity contribution in [2.45, 2.75) is 11.3 Å². The van der Waals surface area contributed by atoms with Gasteiger partial charge in [0.1, 0.15) is 18.3 Å². The Hall–Kier alpha value is -3.51. The average Bonchev–Trinajstić information content (AvgIpc) is 3.27. The molecule has 0 aliphatic rings. The minimum atomic E-state index is -3.86. The zero-order chi connectivity index (χ0) is 22.4. The van der Waals surface area contributed by atoms with Gasteiger partial charge in [-0.25, -0.2) is 27.2 Å². The summed E-state index contributed by atoms with van der Waals surface area (Å²) < 4.78 is 52.9. The van der Waals surface area contributed by atoms with Crippen LogP contribution < -0.4 is 19.5 Å². The van der Waals surface area contributed by atoms with Crippen molar-refractivity contribution in [2.24, 2.45) is 0 Å². The molecule has 12 heteroatoms. The SMILES string of the molecule is COc1ccc(S(=O)(=O)NCCC(=O)Nc2ccc(-n3cncn3)c(F)c2)cc1OC. The van der Waals surface area contributed by atoms with Crippen molar-refractivity contribution in [3.63, 3.8) is 0 Å². The molecule has 0 saturated carbocycles. The van der Waals surface area contributed by atoms with Crippen LogP contribution >= 0.6 is 0 Å². The third-order valence-corrected chi connectivity index (χ3v) is 5.67. The standard InChI is InChI=1S/C19H20FN5O5S/c1-29-17-6-4-14(10-18(17)30-2)31(27,28)23-8-7-19(26)24-13-3-5-16(15(20)9-13)25-12-21-11-22-25/h3-6,9-12,23H,7-8H2,1-2H3,(H,24,26). The Balaban J connectivity index is 1.57. The largest absolute Gasteiger partial charge is 0.493 e. The van der Waals surface area contributed by atoms with Gasteiger partial charge in [0.05, 0.1) is 19.1 Å². The van der Waals surface area contributed by atoms with Crippen molar-refractivity contribution in [1.29, 1.82) is 0 Å². The van der Waals surface area contributed by atoms with E-state index in [0.29, 0.717) is 5.75 Å². The van der Waals surface area contributed by atoms with Crippen molar-refractivity contribution >= 4 is 21.6 Å². The summed E-state index contributed by atoms with van der Waals surface area (Å²) in [5.74, 6) is -0.428.